The maximum atomic E-state index is 13.4. The summed E-state index contributed by atoms with van der Waals surface area (Å²) in [6.45, 7) is 0.588. The van der Waals surface area contributed by atoms with Crippen molar-refractivity contribution in [3.05, 3.63) is 54.1 Å². The molecule has 0 unspecified atom stereocenters. The topological polar surface area (TPSA) is 90.3 Å². The molecule has 2 aromatic rings. The predicted octanol–water partition coefficient (Wildman–Crippen LogP) is 6.13. The highest BCUT2D eigenvalue weighted by molar-refractivity contribution is 7.89. The SMILES string of the molecule is N#CNS(=O)(=O)c1ccccc1-c1ccc(CN(C(=O)CCC2CCCCC2)C2CCCCC2)cc1. The number of rotatable bonds is 9. The van der Waals surface area contributed by atoms with Crippen LogP contribution in [0.5, 0.6) is 0 Å². The summed E-state index contributed by atoms with van der Waals surface area (Å²) in [5, 5.41) is 8.84. The summed E-state index contributed by atoms with van der Waals surface area (Å²) in [7, 11) is -3.92. The van der Waals surface area contributed by atoms with Gasteiger partial charge in [0.25, 0.3) is 10.0 Å². The first-order valence-corrected chi connectivity index (χ1v) is 14.8. The standard InChI is InChI=1S/C29H37N3O3S/c30-22-31-36(34,35)28-14-8-7-13-27(28)25-18-15-24(16-19-25)21-32(26-11-5-2-6-12-26)29(33)20-17-23-9-3-1-4-10-23/h7-8,13-16,18-19,23,26,31H,1-6,9-12,17,20-21H2. The first-order valence-electron chi connectivity index (χ1n) is 13.4. The lowest BCUT2D eigenvalue weighted by atomic mass is 9.86. The molecule has 2 aromatic carbocycles. The van der Waals surface area contributed by atoms with Gasteiger partial charge in [-0.25, -0.2) is 13.1 Å². The second kappa shape index (κ2) is 12.4. The number of amides is 1. The van der Waals surface area contributed by atoms with E-state index in [4.69, 9.17) is 5.26 Å². The first-order chi connectivity index (χ1) is 17.5. The predicted molar refractivity (Wildman–Crippen MR) is 141 cm³/mol. The normalized spacial score (nSPS) is 17.3. The van der Waals surface area contributed by atoms with Gasteiger partial charge >= 0.3 is 0 Å². The van der Waals surface area contributed by atoms with E-state index in [0.29, 0.717) is 30.5 Å². The number of nitrogens with one attached hydrogen (secondary N) is 1. The number of carbonyl (C=O) groups excluding carboxylic acids is 1. The summed E-state index contributed by atoms with van der Waals surface area (Å²) in [5.41, 5.74) is 2.34. The lowest BCUT2D eigenvalue weighted by Crippen LogP contribution is -2.41. The number of hydrogen-bond acceptors (Lipinski definition) is 4. The largest absolute Gasteiger partial charge is 0.335 e. The Morgan fingerprint density at radius 2 is 1.56 bits per heavy atom. The van der Waals surface area contributed by atoms with Crippen molar-refractivity contribution in [1.29, 1.82) is 5.26 Å². The Balaban J connectivity index is 1.50. The van der Waals surface area contributed by atoms with Gasteiger partial charge in [0.15, 0.2) is 6.19 Å². The molecular weight excluding hydrogens is 470 g/mol. The summed E-state index contributed by atoms with van der Waals surface area (Å²) in [6.07, 6.45) is 15.4. The third-order valence-electron chi connectivity index (χ3n) is 7.80. The van der Waals surface area contributed by atoms with Crippen LogP contribution in [0.1, 0.15) is 82.6 Å². The van der Waals surface area contributed by atoms with E-state index in [2.05, 4.69) is 4.90 Å². The fourth-order valence-corrected chi connectivity index (χ4v) is 6.76. The average molecular weight is 508 g/mol. The molecule has 2 aliphatic rings. The Hall–Kier alpha value is -2.85. The van der Waals surface area contributed by atoms with Crippen LogP contribution in [-0.2, 0) is 21.4 Å². The maximum Gasteiger partial charge on any atom is 0.270 e. The van der Waals surface area contributed by atoms with Gasteiger partial charge in [-0.1, -0.05) is 93.8 Å². The van der Waals surface area contributed by atoms with Crippen molar-refractivity contribution in [3.8, 4) is 17.3 Å². The molecular formula is C29H37N3O3S. The van der Waals surface area contributed by atoms with Gasteiger partial charge in [0.2, 0.25) is 5.91 Å². The number of nitriles is 1. The van der Waals surface area contributed by atoms with E-state index >= 15 is 0 Å². The number of nitrogens with zero attached hydrogens (tertiary/aromatic N) is 2. The van der Waals surface area contributed by atoms with Crippen LogP contribution in [0.25, 0.3) is 11.1 Å². The second-order valence-corrected chi connectivity index (χ2v) is 11.9. The zero-order valence-electron chi connectivity index (χ0n) is 21.0. The minimum absolute atomic E-state index is 0.0704. The molecule has 2 aliphatic carbocycles. The molecule has 2 saturated carbocycles. The molecule has 0 heterocycles. The van der Waals surface area contributed by atoms with Crippen molar-refractivity contribution < 1.29 is 13.2 Å². The Bertz CT molecular complexity index is 1160. The van der Waals surface area contributed by atoms with E-state index in [-0.39, 0.29) is 10.8 Å². The molecule has 0 aliphatic heterocycles. The quantitative estimate of drug-likeness (QED) is 0.326. The van der Waals surface area contributed by atoms with E-state index < -0.39 is 10.0 Å². The Labute approximate surface area is 215 Å². The third kappa shape index (κ3) is 6.67. The van der Waals surface area contributed by atoms with Crippen molar-refractivity contribution in [3.63, 3.8) is 0 Å². The summed E-state index contributed by atoms with van der Waals surface area (Å²) in [4.78, 5) is 15.6. The average Bonchev–Trinajstić information content (AvgIpc) is 2.92. The van der Waals surface area contributed by atoms with Gasteiger partial charge in [-0.2, -0.15) is 5.26 Å². The lowest BCUT2D eigenvalue weighted by molar-refractivity contribution is -0.135. The molecule has 0 spiro atoms. The van der Waals surface area contributed by atoms with Gasteiger partial charge < -0.3 is 4.90 Å². The molecule has 0 atom stereocenters. The zero-order valence-corrected chi connectivity index (χ0v) is 21.8. The molecule has 0 saturated heterocycles. The minimum Gasteiger partial charge on any atom is -0.335 e. The molecule has 6 nitrogen and oxygen atoms in total. The Kier molecular flexibility index (Phi) is 9.03. The first kappa shape index (κ1) is 26.2. The summed E-state index contributed by atoms with van der Waals surface area (Å²) < 4.78 is 26.9. The van der Waals surface area contributed by atoms with E-state index in [1.165, 1.54) is 63.6 Å². The fraction of sp³-hybridized carbons (Fsp3) is 0.517. The molecule has 0 aromatic heterocycles. The number of hydrogen-bond donors (Lipinski definition) is 1. The van der Waals surface area contributed by atoms with E-state index in [1.807, 2.05) is 29.0 Å². The molecule has 0 radical (unpaired) electrons. The van der Waals surface area contributed by atoms with Crippen LogP contribution in [0.3, 0.4) is 0 Å². The molecule has 1 N–H and O–H groups in total. The van der Waals surface area contributed by atoms with Crippen LogP contribution in [0.2, 0.25) is 0 Å². The molecule has 2 fully saturated rings. The summed E-state index contributed by atoms with van der Waals surface area (Å²) >= 11 is 0. The van der Waals surface area contributed by atoms with Crippen LogP contribution in [0, 0.1) is 17.4 Å². The van der Waals surface area contributed by atoms with Gasteiger partial charge in [0.05, 0.1) is 4.90 Å². The van der Waals surface area contributed by atoms with Crippen LogP contribution < -0.4 is 4.72 Å². The molecule has 4 rings (SSSR count). The lowest BCUT2D eigenvalue weighted by Gasteiger charge is -2.35. The summed E-state index contributed by atoms with van der Waals surface area (Å²) in [6, 6.07) is 14.8. The summed E-state index contributed by atoms with van der Waals surface area (Å²) in [5.74, 6) is 0.970. The highest BCUT2D eigenvalue weighted by atomic mass is 32.2. The van der Waals surface area contributed by atoms with Crippen LogP contribution in [0.4, 0.5) is 0 Å². The smallest absolute Gasteiger partial charge is 0.270 e. The number of sulfonamides is 1. The Morgan fingerprint density at radius 3 is 2.22 bits per heavy atom. The second-order valence-electron chi connectivity index (χ2n) is 10.3. The van der Waals surface area contributed by atoms with Crippen LogP contribution >= 0.6 is 0 Å². The van der Waals surface area contributed by atoms with Crippen LogP contribution in [-0.4, -0.2) is 25.3 Å². The number of benzene rings is 2. The highest BCUT2D eigenvalue weighted by Gasteiger charge is 2.26. The van der Waals surface area contributed by atoms with Crippen molar-refractivity contribution in [2.75, 3.05) is 0 Å². The zero-order chi connectivity index (χ0) is 25.4. The van der Waals surface area contributed by atoms with E-state index in [9.17, 15) is 13.2 Å². The third-order valence-corrected chi connectivity index (χ3v) is 9.10. The van der Waals surface area contributed by atoms with Gasteiger partial charge in [-0.15, -0.1) is 0 Å². The van der Waals surface area contributed by atoms with Crippen molar-refractivity contribution >= 4 is 15.9 Å². The molecule has 1 amide bonds. The molecule has 7 heteroatoms. The van der Waals surface area contributed by atoms with E-state index in [0.717, 1.165) is 30.4 Å². The maximum absolute atomic E-state index is 13.4. The highest BCUT2D eigenvalue weighted by Crippen LogP contribution is 2.31. The van der Waals surface area contributed by atoms with Crippen molar-refractivity contribution in [2.24, 2.45) is 5.92 Å². The van der Waals surface area contributed by atoms with Gasteiger partial charge in [0.1, 0.15) is 0 Å². The van der Waals surface area contributed by atoms with Gasteiger partial charge in [0, 0.05) is 24.6 Å². The minimum atomic E-state index is -3.92. The van der Waals surface area contributed by atoms with E-state index in [1.54, 1.807) is 18.2 Å². The van der Waals surface area contributed by atoms with Gasteiger partial charge in [-0.05, 0) is 42.4 Å². The molecule has 192 valence electrons. The number of carbonyl (C=O) groups is 1. The van der Waals surface area contributed by atoms with Crippen LogP contribution in [0.15, 0.2) is 53.4 Å². The fourth-order valence-electron chi connectivity index (χ4n) is 5.80. The Morgan fingerprint density at radius 1 is 0.917 bits per heavy atom. The van der Waals surface area contributed by atoms with Gasteiger partial charge in [-0.3, -0.25) is 4.79 Å². The molecule has 36 heavy (non-hydrogen) atoms. The molecule has 0 bridgehead atoms. The van der Waals surface area contributed by atoms with Crippen molar-refractivity contribution in [1.82, 2.24) is 9.62 Å². The monoisotopic (exact) mass is 507 g/mol. The van der Waals surface area contributed by atoms with Crippen molar-refractivity contribution in [2.45, 2.75) is 94.5 Å².